The molecule has 0 aromatic heterocycles. The molecule has 3 rings (SSSR count). The van der Waals surface area contributed by atoms with Crippen LogP contribution in [0.1, 0.15) is 47.1 Å². The van der Waals surface area contributed by atoms with Gasteiger partial charge in [-0.05, 0) is 43.3 Å². The Hall–Kier alpha value is -4.13. The Morgan fingerprint density at radius 2 is 1.32 bits per heavy atom. The van der Waals surface area contributed by atoms with Gasteiger partial charge in [-0.15, -0.1) is 0 Å². The number of esters is 2. The van der Waals surface area contributed by atoms with Gasteiger partial charge in [0, 0.05) is 18.6 Å². The molecule has 0 heterocycles. The van der Waals surface area contributed by atoms with Gasteiger partial charge < -0.3 is 18.9 Å². The maximum absolute atomic E-state index is 12.2. The standard InChI is InChI=1S/C17H16O6.C8H8O.C2H6/c1-11(18)22-13-6-4-12(5-7-13)17(19)23-15-9-8-14(20-2)10-16(15)21-3;1-7-2-4-8(6-9)5-3-7;1-2/h4-10H,1-3H3;2-6H,1H3;1-2H3. The van der Waals surface area contributed by atoms with Crippen molar-refractivity contribution in [3.05, 3.63) is 83.4 Å². The summed E-state index contributed by atoms with van der Waals surface area (Å²) in [4.78, 5) is 33.1. The fraction of sp³-hybridized carbons (Fsp3) is 0.222. The van der Waals surface area contributed by atoms with E-state index in [1.165, 1.54) is 51.0 Å². The van der Waals surface area contributed by atoms with Crippen molar-refractivity contribution in [3.63, 3.8) is 0 Å². The molecule has 0 fully saturated rings. The molecule has 34 heavy (non-hydrogen) atoms. The van der Waals surface area contributed by atoms with E-state index < -0.39 is 11.9 Å². The van der Waals surface area contributed by atoms with E-state index in [4.69, 9.17) is 18.9 Å². The molecule has 0 bridgehead atoms. The summed E-state index contributed by atoms with van der Waals surface area (Å²) >= 11 is 0. The third kappa shape index (κ3) is 9.16. The van der Waals surface area contributed by atoms with Crippen LogP contribution in [0.5, 0.6) is 23.0 Å². The molecule has 3 aromatic carbocycles. The third-order valence-electron chi connectivity index (χ3n) is 4.14. The molecule has 0 N–H and O–H groups in total. The van der Waals surface area contributed by atoms with E-state index in [2.05, 4.69) is 0 Å². The summed E-state index contributed by atoms with van der Waals surface area (Å²) in [5.41, 5.74) is 2.24. The summed E-state index contributed by atoms with van der Waals surface area (Å²) in [6.07, 6.45) is 0.847. The lowest BCUT2D eigenvalue weighted by Crippen LogP contribution is -2.09. The fourth-order valence-electron chi connectivity index (χ4n) is 2.49. The molecule has 0 radical (unpaired) electrons. The Kier molecular flexibility index (Phi) is 12.2. The summed E-state index contributed by atoms with van der Waals surface area (Å²) in [5, 5.41) is 0. The molecule has 0 amide bonds. The third-order valence-corrected chi connectivity index (χ3v) is 4.14. The Balaban J connectivity index is 0.000000437. The number of ether oxygens (including phenoxy) is 4. The number of rotatable bonds is 6. The van der Waals surface area contributed by atoms with Crippen LogP contribution in [0.4, 0.5) is 0 Å². The molecule has 7 heteroatoms. The predicted molar refractivity (Wildman–Crippen MR) is 130 cm³/mol. The van der Waals surface area contributed by atoms with Gasteiger partial charge in [-0.2, -0.15) is 0 Å². The molecule has 0 saturated carbocycles. The molecule has 180 valence electrons. The Labute approximate surface area is 200 Å². The molecular weight excluding hydrogens is 436 g/mol. The van der Waals surface area contributed by atoms with E-state index in [9.17, 15) is 14.4 Å². The summed E-state index contributed by atoms with van der Waals surface area (Å²) in [7, 11) is 3.01. The second-order valence-corrected chi connectivity index (χ2v) is 6.55. The fourth-order valence-corrected chi connectivity index (χ4v) is 2.49. The number of benzene rings is 3. The van der Waals surface area contributed by atoms with Crippen molar-refractivity contribution in [1.82, 2.24) is 0 Å². The van der Waals surface area contributed by atoms with E-state index in [1.54, 1.807) is 18.2 Å². The zero-order chi connectivity index (χ0) is 25.5. The Morgan fingerprint density at radius 1 is 0.735 bits per heavy atom. The minimum atomic E-state index is -0.553. The minimum Gasteiger partial charge on any atom is -0.497 e. The highest BCUT2D eigenvalue weighted by molar-refractivity contribution is 5.91. The zero-order valence-electron chi connectivity index (χ0n) is 20.3. The number of hydrogen-bond donors (Lipinski definition) is 0. The van der Waals surface area contributed by atoms with E-state index in [-0.39, 0.29) is 5.75 Å². The van der Waals surface area contributed by atoms with Crippen LogP contribution in [0, 0.1) is 6.92 Å². The van der Waals surface area contributed by atoms with Crippen LogP contribution in [-0.4, -0.2) is 32.4 Å². The number of carbonyl (C=O) groups is 3. The zero-order valence-corrected chi connectivity index (χ0v) is 20.3. The van der Waals surface area contributed by atoms with Crippen LogP contribution < -0.4 is 18.9 Å². The van der Waals surface area contributed by atoms with Gasteiger partial charge in [0.1, 0.15) is 17.8 Å². The monoisotopic (exact) mass is 466 g/mol. The van der Waals surface area contributed by atoms with Crippen molar-refractivity contribution in [2.45, 2.75) is 27.7 Å². The van der Waals surface area contributed by atoms with Gasteiger partial charge >= 0.3 is 11.9 Å². The quantitative estimate of drug-likeness (QED) is 0.262. The molecule has 0 saturated heterocycles. The highest BCUT2D eigenvalue weighted by Gasteiger charge is 2.13. The van der Waals surface area contributed by atoms with Gasteiger partial charge in [-0.3, -0.25) is 9.59 Å². The minimum absolute atomic E-state index is 0.280. The first-order valence-corrected chi connectivity index (χ1v) is 10.6. The Bertz CT molecular complexity index is 1060. The number of hydrogen-bond acceptors (Lipinski definition) is 7. The second-order valence-electron chi connectivity index (χ2n) is 6.55. The van der Waals surface area contributed by atoms with E-state index in [1.807, 2.05) is 45.0 Å². The van der Waals surface area contributed by atoms with Gasteiger partial charge in [0.25, 0.3) is 0 Å². The first-order chi connectivity index (χ1) is 16.4. The molecule has 0 spiro atoms. The van der Waals surface area contributed by atoms with Gasteiger partial charge in [0.05, 0.1) is 19.8 Å². The van der Waals surface area contributed by atoms with Crippen LogP contribution in [0.3, 0.4) is 0 Å². The van der Waals surface area contributed by atoms with Crippen molar-refractivity contribution in [2.75, 3.05) is 14.2 Å². The molecule has 0 aliphatic rings. The van der Waals surface area contributed by atoms with E-state index in [0.29, 0.717) is 22.8 Å². The lowest BCUT2D eigenvalue weighted by atomic mass is 10.2. The average Bonchev–Trinajstić information content (AvgIpc) is 2.86. The number of carbonyl (C=O) groups excluding carboxylic acids is 3. The normalized spacial score (nSPS) is 9.24. The highest BCUT2D eigenvalue weighted by Crippen LogP contribution is 2.31. The SMILES string of the molecule is CC.COc1ccc(OC(=O)c2ccc(OC(C)=O)cc2)c(OC)c1.Cc1ccc(C=O)cc1. The first kappa shape index (κ1) is 27.9. The van der Waals surface area contributed by atoms with Gasteiger partial charge in [-0.25, -0.2) is 4.79 Å². The summed E-state index contributed by atoms with van der Waals surface area (Å²) < 4.78 is 20.5. The van der Waals surface area contributed by atoms with Crippen molar-refractivity contribution < 1.29 is 33.3 Å². The van der Waals surface area contributed by atoms with Crippen LogP contribution in [-0.2, 0) is 4.79 Å². The topological polar surface area (TPSA) is 88.1 Å². The van der Waals surface area contributed by atoms with E-state index >= 15 is 0 Å². The smallest absolute Gasteiger partial charge is 0.343 e. The maximum atomic E-state index is 12.2. The van der Waals surface area contributed by atoms with Crippen LogP contribution in [0.2, 0.25) is 0 Å². The average molecular weight is 467 g/mol. The predicted octanol–water partition coefficient (Wildman–Crippen LogP) is 5.68. The highest BCUT2D eigenvalue weighted by atomic mass is 16.6. The van der Waals surface area contributed by atoms with Crippen LogP contribution >= 0.6 is 0 Å². The lowest BCUT2D eigenvalue weighted by molar-refractivity contribution is -0.131. The molecule has 0 unspecified atom stereocenters. The second kappa shape index (κ2) is 14.8. The maximum Gasteiger partial charge on any atom is 0.343 e. The number of aryl methyl sites for hydroxylation is 1. The summed E-state index contributed by atoms with van der Waals surface area (Å²) in [6.45, 7) is 7.30. The largest absolute Gasteiger partial charge is 0.497 e. The van der Waals surface area contributed by atoms with Gasteiger partial charge in [0.15, 0.2) is 11.5 Å². The molecule has 7 nitrogen and oxygen atoms in total. The van der Waals surface area contributed by atoms with E-state index in [0.717, 1.165) is 11.8 Å². The Morgan fingerprint density at radius 3 is 1.82 bits per heavy atom. The van der Waals surface area contributed by atoms with Crippen LogP contribution in [0.15, 0.2) is 66.7 Å². The number of aldehydes is 1. The summed E-state index contributed by atoms with van der Waals surface area (Å²) in [5.74, 6) is 0.631. The van der Waals surface area contributed by atoms with Crippen molar-refractivity contribution in [3.8, 4) is 23.0 Å². The molecule has 3 aromatic rings. The van der Waals surface area contributed by atoms with Gasteiger partial charge in [0.2, 0.25) is 0 Å². The molecular formula is C27H30O7. The molecule has 0 aliphatic heterocycles. The lowest BCUT2D eigenvalue weighted by Gasteiger charge is -2.10. The molecule has 0 aliphatic carbocycles. The summed E-state index contributed by atoms with van der Waals surface area (Å²) in [6, 6.07) is 18.4. The van der Waals surface area contributed by atoms with Crippen molar-refractivity contribution >= 4 is 18.2 Å². The van der Waals surface area contributed by atoms with Crippen molar-refractivity contribution in [2.24, 2.45) is 0 Å². The molecule has 0 atom stereocenters. The van der Waals surface area contributed by atoms with Crippen LogP contribution in [0.25, 0.3) is 0 Å². The number of methoxy groups -OCH3 is 2. The van der Waals surface area contributed by atoms with Gasteiger partial charge in [-0.1, -0.05) is 43.7 Å². The van der Waals surface area contributed by atoms with Crippen molar-refractivity contribution in [1.29, 1.82) is 0 Å². The first-order valence-electron chi connectivity index (χ1n) is 10.6.